The van der Waals surface area contributed by atoms with E-state index >= 15 is 0 Å². The minimum atomic E-state index is 0.516. The number of rotatable bonds is 2. The van der Waals surface area contributed by atoms with Gasteiger partial charge in [0.25, 0.3) is 0 Å². The predicted molar refractivity (Wildman–Crippen MR) is 54.5 cm³/mol. The maximum atomic E-state index is 5.43. The van der Waals surface area contributed by atoms with E-state index in [0.29, 0.717) is 6.04 Å². The Morgan fingerprint density at radius 1 is 1.75 bits per heavy atom. The van der Waals surface area contributed by atoms with E-state index in [9.17, 15) is 0 Å². The monoisotopic (exact) mass is 233 g/mol. The Kier molecular flexibility index (Phi) is 4.26. The quantitative estimate of drug-likeness (QED) is 0.724. The van der Waals surface area contributed by atoms with Crippen LogP contribution in [-0.4, -0.2) is 37.2 Å². The average Bonchev–Trinajstić information content (AvgIpc) is 2.16. The maximum Gasteiger partial charge on any atom is 0.0619 e. The van der Waals surface area contributed by atoms with Crippen molar-refractivity contribution in [3.63, 3.8) is 0 Å². The van der Waals surface area contributed by atoms with Gasteiger partial charge in [-0.2, -0.15) is 0 Å². The highest BCUT2D eigenvalue weighted by Crippen LogP contribution is 2.11. The fraction of sp³-hybridized carbons (Fsp3) is 0.778. The lowest BCUT2D eigenvalue weighted by Crippen LogP contribution is -2.35. The minimum Gasteiger partial charge on any atom is -0.380 e. The number of ether oxygens (including phenoxy) is 1. The van der Waals surface area contributed by atoms with E-state index in [1.54, 1.807) is 0 Å². The van der Waals surface area contributed by atoms with Gasteiger partial charge in [-0.25, -0.2) is 0 Å². The van der Waals surface area contributed by atoms with Gasteiger partial charge < -0.3 is 4.74 Å². The summed E-state index contributed by atoms with van der Waals surface area (Å²) in [7, 11) is 0. The highest BCUT2D eigenvalue weighted by Gasteiger charge is 2.16. The van der Waals surface area contributed by atoms with Crippen molar-refractivity contribution in [3.05, 3.63) is 11.1 Å². The zero-order chi connectivity index (χ0) is 8.97. The van der Waals surface area contributed by atoms with Gasteiger partial charge in [-0.05, 0) is 13.3 Å². The van der Waals surface area contributed by atoms with Crippen LogP contribution in [0.5, 0.6) is 0 Å². The van der Waals surface area contributed by atoms with Crippen LogP contribution in [0.1, 0.15) is 13.3 Å². The molecule has 70 valence electrons. The van der Waals surface area contributed by atoms with Gasteiger partial charge in [0, 0.05) is 30.2 Å². The first kappa shape index (κ1) is 10.2. The van der Waals surface area contributed by atoms with E-state index in [1.165, 1.54) is 0 Å². The molecule has 1 unspecified atom stereocenters. The summed E-state index contributed by atoms with van der Waals surface area (Å²) in [5, 5.41) is 0. The number of hydrogen-bond acceptors (Lipinski definition) is 2. The highest BCUT2D eigenvalue weighted by molar-refractivity contribution is 9.11. The van der Waals surface area contributed by atoms with E-state index in [4.69, 9.17) is 4.74 Å². The van der Waals surface area contributed by atoms with Crippen molar-refractivity contribution < 1.29 is 4.74 Å². The van der Waals surface area contributed by atoms with Gasteiger partial charge >= 0.3 is 0 Å². The number of halogens is 1. The fourth-order valence-corrected chi connectivity index (χ4v) is 1.73. The minimum absolute atomic E-state index is 0.516. The van der Waals surface area contributed by atoms with Gasteiger partial charge in [-0.3, -0.25) is 4.90 Å². The average molecular weight is 234 g/mol. The molecule has 3 heteroatoms. The van der Waals surface area contributed by atoms with Crippen LogP contribution in [0.15, 0.2) is 11.1 Å². The summed E-state index contributed by atoms with van der Waals surface area (Å²) in [6, 6.07) is 0.516. The molecule has 0 amide bonds. The molecule has 1 saturated heterocycles. The molecule has 0 aromatic heterocycles. The van der Waals surface area contributed by atoms with Crippen molar-refractivity contribution >= 4 is 15.9 Å². The van der Waals surface area contributed by atoms with Gasteiger partial charge in [0.15, 0.2) is 0 Å². The van der Waals surface area contributed by atoms with Gasteiger partial charge in [-0.1, -0.05) is 22.5 Å². The summed E-state index contributed by atoms with van der Waals surface area (Å²) in [6.07, 6.45) is 1.13. The molecule has 0 aromatic carbocycles. The number of hydrogen-bond donors (Lipinski definition) is 0. The largest absolute Gasteiger partial charge is 0.380 e. The van der Waals surface area contributed by atoms with Crippen molar-refractivity contribution in [3.8, 4) is 0 Å². The third kappa shape index (κ3) is 3.25. The molecule has 1 atom stereocenters. The van der Waals surface area contributed by atoms with E-state index in [0.717, 1.165) is 37.2 Å². The van der Waals surface area contributed by atoms with Gasteiger partial charge in [0.05, 0.1) is 6.61 Å². The van der Waals surface area contributed by atoms with Gasteiger partial charge in [0.1, 0.15) is 0 Å². The zero-order valence-corrected chi connectivity index (χ0v) is 9.14. The summed E-state index contributed by atoms with van der Waals surface area (Å²) in [5.74, 6) is 0. The summed E-state index contributed by atoms with van der Waals surface area (Å²) in [6.45, 7) is 9.84. The van der Waals surface area contributed by atoms with Crippen LogP contribution in [-0.2, 0) is 4.74 Å². The first-order valence-electron chi connectivity index (χ1n) is 4.35. The van der Waals surface area contributed by atoms with Crippen molar-refractivity contribution in [1.82, 2.24) is 4.90 Å². The summed E-state index contributed by atoms with van der Waals surface area (Å²) < 4.78 is 6.48. The topological polar surface area (TPSA) is 12.5 Å². The molecule has 1 heterocycles. The van der Waals surface area contributed by atoms with Crippen molar-refractivity contribution in [2.24, 2.45) is 0 Å². The molecule has 0 bridgehead atoms. The molecule has 0 aliphatic carbocycles. The van der Waals surface area contributed by atoms with Crippen LogP contribution in [0, 0.1) is 0 Å². The highest BCUT2D eigenvalue weighted by atomic mass is 79.9. The molecule has 0 radical (unpaired) electrons. The van der Waals surface area contributed by atoms with Crippen LogP contribution < -0.4 is 0 Å². The van der Waals surface area contributed by atoms with E-state index < -0.39 is 0 Å². The predicted octanol–water partition coefficient (Wildman–Crippen LogP) is 2.01. The third-order valence-corrected chi connectivity index (χ3v) is 2.34. The van der Waals surface area contributed by atoms with Crippen molar-refractivity contribution in [2.45, 2.75) is 19.4 Å². The Morgan fingerprint density at radius 3 is 3.17 bits per heavy atom. The van der Waals surface area contributed by atoms with E-state index in [2.05, 4.69) is 34.3 Å². The molecular formula is C9H16BrNO. The first-order valence-corrected chi connectivity index (χ1v) is 5.14. The third-order valence-electron chi connectivity index (χ3n) is 2.09. The smallest absolute Gasteiger partial charge is 0.0619 e. The molecular weight excluding hydrogens is 218 g/mol. The molecule has 0 N–H and O–H groups in total. The molecule has 2 nitrogen and oxygen atoms in total. The van der Waals surface area contributed by atoms with Crippen LogP contribution in [0.2, 0.25) is 0 Å². The Balaban J connectivity index is 2.41. The molecule has 0 spiro atoms. The molecule has 1 aliphatic heterocycles. The lowest BCUT2D eigenvalue weighted by atomic mass is 10.3. The van der Waals surface area contributed by atoms with E-state index in [1.807, 2.05) is 0 Å². The molecule has 12 heavy (non-hydrogen) atoms. The molecule has 1 fully saturated rings. The van der Waals surface area contributed by atoms with Crippen LogP contribution >= 0.6 is 15.9 Å². The second kappa shape index (κ2) is 5.00. The summed E-state index contributed by atoms with van der Waals surface area (Å²) in [4.78, 5) is 2.39. The molecule has 1 aliphatic rings. The van der Waals surface area contributed by atoms with Crippen molar-refractivity contribution in [1.29, 1.82) is 0 Å². The normalized spacial score (nSPS) is 26.7. The van der Waals surface area contributed by atoms with Gasteiger partial charge in [0.2, 0.25) is 0 Å². The SMILES string of the molecule is C=C(Br)CN1CCCOCC1C. The summed E-state index contributed by atoms with van der Waals surface area (Å²) in [5.41, 5.74) is 0. The van der Waals surface area contributed by atoms with Gasteiger partial charge in [-0.15, -0.1) is 0 Å². The van der Waals surface area contributed by atoms with E-state index in [-0.39, 0.29) is 0 Å². The maximum absolute atomic E-state index is 5.43. The number of nitrogens with zero attached hydrogens (tertiary/aromatic N) is 1. The Morgan fingerprint density at radius 2 is 2.50 bits per heavy atom. The second-order valence-corrected chi connectivity index (χ2v) is 4.39. The Hall–Kier alpha value is 0.140. The fourth-order valence-electron chi connectivity index (χ4n) is 1.40. The Bertz CT molecular complexity index is 161. The lowest BCUT2D eigenvalue weighted by molar-refractivity contribution is 0.112. The zero-order valence-electron chi connectivity index (χ0n) is 7.55. The van der Waals surface area contributed by atoms with Crippen LogP contribution in [0.3, 0.4) is 0 Å². The molecule has 0 aromatic rings. The summed E-state index contributed by atoms with van der Waals surface area (Å²) >= 11 is 3.39. The first-order chi connectivity index (χ1) is 5.70. The standard InChI is InChI=1S/C9H16BrNO/c1-8(10)6-11-4-3-5-12-7-9(11)2/h9H,1,3-7H2,2H3. The van der Waals surface area contributed by atoms with Crippen LogP contribution in [0.25, 0.3) is 0 Å². The molecule has 1 rings (SSSR count). The lowest BCUT2D eigenvalue weighted by Gasteiger charge is -2.25. The Labute approximate surface area is 82.7 Å². The second-order valence-electron chi connectivity index (χ2n) is 3.27. The molecule has 0 saturated carbocycles. The van der Waals surface area contributed by atoms with Crippen LogP contribution in [0.4, 0.5) is 0 Å². The van der Waals surface area contributed by atoms with Crippen molar-refractivity contribution in [2.75, 3.05) is 26.3 Å².